The number of aromatic nitrogens is 1. The van der Waals surface area contributed by atoms with Crippen molar-refractivity contribution in [3.63, 3.8) is 0 Å². The Hall–Kier alpha value is -2.49. The summed E-state index contributed by atoms with van der Waals surface area (Å²) in [6.45, 7) is 1.75. The number of hydrogen-bond acceptors (Lipinski definition) is 4. The van der Waals surface area contributed by atoms with Crippen molar-refractivity contribution in [1.29, 1.82) is 0 Å². The molecule has 0 aliphatic carbocycles. The van der Waals surface area contributed by atoms with E-state index in [1.165, 1.54) is 7.11 Å². The quantitative estimate of drug-likeness (QED) is 0.632. The lowest BCUT2D eigenvalue weighted by Gasteiger charge is -2.10. The summed E-state index contributed by atoms with van der Waals surface area (Å²) < 4.78 is 4.72. The molecule has 4 nitrogen and oxygen atoms in total. The molecule has 4 heteroatoms. The number of esters is 1. The maximum absolute atomic E-state index is 12.3. The molecule has 1 aromatic heterocycles. The van der Waals surface area contributed by atoms with Gasteiger partial charge in [-0.25, -0.2) is 0 Å². The SMILES string of the molecule is COC(=O)[C@@H](C)c1cccc(C(=O)c2ccccn2)c1. The summed E-state index contributed by atoms with van der Waals surface area (Å²) in [5.41, 5.74) is 1.64. The van der Waals surface area contributed by atoms with Gasteiger partial charge in [-0.05, 0) is 30.7 Å². The van der Waals surface area contributed by atoms with Crippen LogP contribution in [0.1, 0.15) is 34.5 Å². The number of ketones is 1. The molecule has 2 aromatic rings. The lowest BCUT2D eigenvalue weighted by atomic mass is 9.97. The molecule has 0 N–H and O–H groups in total. The third kappa shape index (κ3) is 2.91. The van der Waals surface area contributed by atoms with E-state index in [0.717, 1.165) is 5.56 Å². The Morgan fingerprint density at radius 1 is 1.15 bits per heavy atom. The number of benzene rings is 1. The van der Waals surface area contributed by atoms with Gasteiger partial charge in [0.15, 0.2) is 0 Å². The van der Waals surface area contributed by atoms with Gasteiger partial charge in [-0.2, -0.15) is 0 Å². The van der Waals surface area contributed by atoms with E-state index < -0.39 is 5.92 Å². The lowest BCUT2D eigenvalue weighted by molar-refractivity contribution is -0.141. The highest BCUT2D eigenvalue weighted by Gasteiger charge is 2.17. The minimum absolute atomic E-state index is 0.162. The first-order valence-electron chi connectivity index (χ1n) is 6.27. The van der Waals surface area contributed by atoms with Gasteiger partial charge >= 0.3 is 5.97 Å². The Morgan fingerprint density at radius 2 is 1.95 bits per heavy atom. The maximum Gasteiger partial charge on any atom is 0.312 e. The number of rotatable bonds is 4. The first-order chi connectivity index (χ1) is 9.63. The van der Waals surface area contributed by atoms with E-state index in [2.05, 4.69) is 4.98 Å². The monoisotopic (exact) mass is 269 g/mol. The Kier molecular flexibility index (Phi) is 4.25. The van der Waals surface area contributed by atoms with Crippen molar-refractivity contribution >= 4 is 11.8 Å². The van der Waals surface area contributed by atoms with Crippen LogP contribution in [0.2, 0.25) is 0 Å². The largest absolute Gasteiger partial charge is 0.469 e. The number of ether oxygens (including phenoxy) is 1. The van der Waals surface area contributed by atoms with Crippen molar-refractivity contribution in [1.82, 2.24) is 4.98 Å². The number of methoxy groups -OCH3 is 1. The van der Waals surface area contributed by atoms with Gasteiger partial charge in [-0.3, -0.25) is 14.6 Å². The van der Waals surface area contributed by atoms with Crippen molar-refractivity contribution in [2.45, 2.75) is 12.8 Å². The fourth-order valence-corrected chi connectivity index (χ4v) is 1.91. The van der Waals surface area contributed by atoms with Gasteiger partial charge in [-0.1, -0.05) is 24.3 Å². The van der Waals surface area contributed by atoms with Crippen molar-refractivity contribution in [3.8, 4) is 0 Å². The van der Waals surface area contributed by atoms with E-state index in [0.29, 0.717) is 11.3 Å². The van der Waals surface area contributed by atoms with E-state index >= 15 is 0 Å². The summed E-state index contributed by atoms with van der Waals surface area (Å²) in [4.78, 5) is 27.9. The fraction of sp³-hybridized carbons (Fsp3) is 0.188. The van der Waals surface area contributed by atoms with Crippen molar-refractivity contribution in [3.05, 3.63) is 65.5 Å². The van der Waals surface area contributed by atoms with Gasteiger partial charge in [0.25, 0.3) is 0 Å². The first kappa shape index (κ1) is 13.9. The molecule has 0 spiro atoms. The van der Waals surface area contributed by atoms with Crippen LogP contribution >= 0.6 is 0 Å². The maximum atomic E-state index is 12.3. The minimum Gasteiger partial charge on any atom is -0.469 e. The van der Waals surface area contributed by atoms with Gasteiger partial charge in [0.2, 0.25) is 5.78 Å². The van der Waals surface area contributed by atoms with Gasteiger partial charge in [0, 0.05) is 11.8 Å². The summed E-state index contributed by atoms with van der Waals surface area (Å²) in [6.07, 6.45) is 1.58. The highest BCUT2D eigenvalue weighted by atomic mass is 16.5. The average molecular weight is 269 g/mol. The molecule has 0 unspecified atom stereocenters. The van der Waals surface area contributed by atoms with Crippen LogP contribution in [-0.2, 0) is 9.53 Å². The molecule has 0 saturated carbocycles. The number of nitrogens with zero attached hydrogens (tertiary/aromatic N) is 1. The molecule has 0 saturated heterocycles. The van der Waals surface area contributed by atoms with Gasteiger partial charge < -0.3 is 4.74 Å². The molecular weight excluding hydrogens is 254 g/mol. The zero-order chi connectivity index (χ0) is 14.5. The predicted octanol–water partition coefficient (Wildman–Crippen LogP) is 2.59. The number of pyridine rings is 1. The lowest BCUT2D eigenvalue weighted by Crippen LogP contribution is -2.12. The normalized spacial score (nSPS) is 11.7. The number of carbonyl (C=O) groups is 2. The first-order valence-corrected chi connectivity index (χ1v) is 6.27. The fourth-order valence-electron chi connectivity index (χ4n) is 1.91. The second-order valence-electron chi connectivity index (χ2n) is 4.41. The van der Waals surface area contributed by atoms with Crippen molar-refractivity contribution < 1.29 is 14.3 Å². The molecule has 1 atom stereocenters. The summed E-state index contributed by atoms with van der Waals surface area (Å²) >= 11 is 0. The Morgan fingerprint density at radius 3 is 2.60 bits per heavy atom. The van der Waals surface area contributed by atoms with Gasteiger partial charge in [0.1, 0.15) is 5.69 Å². The zero-order valence-corrected chi connectivity index (χ0v) is 11.4. The summed E-state index contributed by atoms with van der Waals surface area (Å²) in [6, 6.07) is 12.2. The molecule has 0 bridgehead atoms. The summed E-state index contributed by atoms with van der Waals surface area (Å²) in [7, 11) is 1.35. The number of carbonyl (C=O) groups excluding carboxylic acids is 2. The van der Waals surface area contributed by atoms with Crippen molar-refractivity contribution in [2.24, 2.45) is 0 Å². The Labute approximate surface area is 117 Å². The zero-order valence-electron chi connectivity index (χ0n) is 11.4. The minimum atomic E-state index is -0.406. The van der Waals surface area contributed by atoms with E-state index in [9.17, 15) is 9.59 Å². The van der Waals surface area contributed by atoms with Crippen LogP contribution in [0.25, 0.3) is 0 Å². The highest BCUT2D eigenvalue weighted by molar-refractivity contribution is 6.07. The highest BCUT2D eigenvalue weighted by Crippen LogP contribution is 2.19. The third-order valence-electron chi connectivity index (χ3n) is 3.10. The second-order valence-corrected chi connectivity index (χ2v) is 4.41. The molecule has 0 radical (unpaired) electrons. The molecule has 1 aromatic carbocycles. The second kappa shape index (κ2) is 6.10. The van der Waals surface area contributed by atoms with Crippen molar-refractivity contribution in [2.75, 3.05) is 7.11 Å². The van der Waals surface area contributed by atoms with Crippen LogP contribution in [0.4, 0.5) is 0 Å². The van der Waals surface area contributed by atoms with E-state index in [1.807, 2.05) is 0 Å². The van der Waals surface area contributed by atoms with E-state index in [-0.39, 0.29) is 11.8 Å². The molecule has 2 rings (SSSR count). The van der Waals surface area contributed by atoms with Crippen LogP contribution in [0, 0.1) is 0 Å². The summed E-state index contributed by atoms with van der Waals surface area (Å²) in [5, 5.41) is 0. The van der Waals surface area contributed by atoms with Crippen LogP contribution in [-0.4, -0.2) is 23.8 Å². The molecule has 0 amide bonds. The Bertz CT molecular complexity index is 623. The van der Waals surface area contributed by atoms with E-state index in [1.54, 1.807) is 55.6 Å². The molecule has 1 heterocycles. The van der Waals surface area contributed by atoms with Gasteiger partial charge in [-0.15, -0.1) is 0 Å². The molecule has 0 fully saturated rings. The topological polar surface area (TPSA) is 56.3 Å². The molecular formula is C16H15NO3. The van der Waals surface area contributed by atoms with Crippen LogP contribution in [0.15, 0.2) is 48.7 Å². The van der Waals surface area contributed by atoms with Crippen LogP contribution < -0.4 is 0 Å². The standard InChI is InChI=1S/C16H15NO3/c1-11(16(19)20-2)12-6-5-7-13(10-12)15(18)14-8-3-4-9-17-14/h3-11H,1-2H3/t11-/m0/s1. The third-order valence-corrected chi connectivity index (χ3v) is 3.10. The molecule has 102 valence electrons. The summed E-state index contributed by atoms with van der Waals surface area (Å²) in [5.74, 6) is -0.895. The van der Waals surface area contributed by atoms with E-state index in [4.69, 9.17) is 4.74 Å². The van der Waals surface area contributed by atoms with Crippen LogP contribution in [0.3, 0.4) is 0 Å². The molecule has 0 aliphatic heterocycles. The molecule has 0 aliphatic rings. The smallest absolute Gasteiger partial charge is 0.312 e. The van der Waals surface area contributed by atoms with Crippen LogP contribution in [0.5, 0.6) is 0 Å². The Balaban J connectivity index is 2.31. The predicted molar refractivity (Wildman–Crippen MR) is 74.5 cm³/mol. The molecule has 20 heavy (non-hydrogen) atoms. The number of hydrogen-bond donors (Lipinski definition) is 0. The van der Waals surface area contributed by atoms with Gasteiger partial charge in [0.05, 0.1) is 13.0 Å². The average Bonchev–Trinajstić information content (AvgIpc) is 2.53.